The van der Waals surface area contributed by atoms with Crippen LogP contribution in [0.2, 0.25) is 18.1 Å². The molecule has 2 fully saturated rings. The summed E-state index contributed by atoms with van der Waals surface area (Å²) in [7, 11) is -1.94. The first kappa shape index (κ1) is 29.3. The maximum Gasteiger partial charge on any atom is 0.192 e. The molecule has 0 unspecified atom stereocenters. The molecule has 0 aromatic carbocycles. The van der Waals surface area contributed by atoms with Gasteiger partial charge in [-0.25, -0.2) is 0 Å². The van der Waals surface area contributed by atoms with Gasteiger partial charge in [-0.3, -0.25) is 0 Å². The monoisotopic (exact) mass is 490 g/mol. The van der Waals surface area contributed by atoms with E-state index in [0.717, 1.165) is 32.1 Å². The van der Waals surface area contributed by atoms with Crippen LogP contribution >= 0.6 is 0 Å². The fraction of sp³-hybridized carbons (Fsp3) is 0.793. The van der Waals surface area contributed by atoms with E-state index >= 15 is 0 Å². The van der Waals surface area contributed by atoms with Crippen LogP contribution in [-0.4, -0.2) is 44.1 Å². The van der Waals surface area contributed by atoms with Crippen LogP contribution in [-0.2, 0) is 13.9 Å². The fourth-order valence-electron chi connectivity index (χ4n) is 4.42. The van der Waals surface area contributed by atoms with Crippen LogP contribution in [0.4, 0.5) is 0 Å². The molecule has 1 N–H and O–H groups in total. The van der Waals surface area contributed by atoms with Crippen molar-refractivity contribution in [3.05, 3.63) is 23.8 Å². The van der Waals surface area contributed by atoms with E-state index in [9.17, 15) is 5.11 Å². The zero-order valence-corrected chi connectivity index (χ0v) is 24.2. The van der Waals surface area contributed by atoms with E-state index in [1.165, 1.54) is 5.57 Å². The van der Waals surface area contributed by atoms with E-state index in [2.05, 4.69) is 78.8 Å². The Kier molecular flexibility index (Phi) is 10.3. The van der Waals surface area contributed by atoms with Crippen molar-refractivity contribution in [1.29, 1.82) is 0 Å². The standard InChI is InChI=1S/C29H50O4Si/c1-11-25-22(3)16-18-29(31-25)19-17-23(4)26(32-29)14-12-21(2)13-15-27(24(5)20-30)33-34(9,10)28(6,7)8/h1,12-13,15,22-27,30H,14,16-20H2,2-10H3/b15-13+,21-12+/t22-,23-,24-,25-,26+,27-,29-/m0/s1. The van der Waals surface area contributed by atoms with E-state index < -0.39 is 14.1 Å². The lowest BCUT2D eigenvalue weighted by Gasteiger charge is -2.48. The minimum atomic E-state index is -1.94. The predicted molar refractivity (Wildman–Crippen MR) is 144 cm³/mol. The molecule has 1 spiro atoms. The van der Waals surface area contributed by atoms with Gasteiger partial charge in [-0.05, 0) is 56.2 Å². The van der Waals surface area contributed by atoms with Gasteiger partial charge >= 0.3 is 0 Å². The first-order chi connectivity index (χ1) is 15.7. The van der Waals surface area contributed by atoms with Crippen LogP contribution in [0.3, 0.4) is 0 Å². The van der Waals surface area contributed by atoms with Gasteiger partial charge in [-0.15, -0.1) is 6.42 Å². The van der Waals surface area contributed by atoms with Gasteiger partial charge in [0.2, 0.25) is 0 Å². The Labute approximate surface area is 210 Å². The Morgan fingerprint density at radius 3 is 2.38 bits per heavy atom. The van der Waals surface area contributed by atoms with Crippen molar-refractivity contribution in [3.63, 3.8) is 0 Å². The van der Waals surface area contributed by atoms with Crippen molar-refractivity contribution in [2.24, 2.45) is 17.8 Å². The van der Waals surface area contributed by atoms with Crippen LogP contribution in [0.15, 0.2) is 23.8 Å². The molecule has 194 valence electrons. The number of hydrogen-bond acceptors (Lipinski definition) is 4. The highest BCUT2D eigenvalue weighted by atomic mass is 28.4. The zero-order chi connectivity index (χ0) is 25.7. The molecule has 0 bridgehead atoms. The van der Waals surface area contributed by atoms with Crippen LogP contribution in [0.5, 0.6) is 0 Å². The van der Waals surface area contributed by atoms with Crippen molar-refractivity contribution in [3.8, 4) is 12.3 Å². The molecular formula is C29H50O4Si. The summed E-state index contributed by atoms with van der Waals surface area (Å²) >= 11 is 0. The highest BCUT2D eigenvalue weighted by Crippen LogP contribution is 2.43. The number of rotatable bonds is 8. The van der Waals surface area contributed by atoms with E-state index in [4.69, 9.17) is 20.3 Å². The van der Waals surface area contributed by atoms with Crippen LogP contribution < -0.4 is 0 Å². The SMILES string of the molecule is C#C[C@@H]1O[C@]2(CC[C@@H]1C)CC[C@H](C)[C@@H](C/C=C(C)/C=C/[C@H](O[Si](C)(C)C(C)(C)C)[C@@H](C)CO)O2. The highest BCUT2D eigenvalue weighted by Gasteiger charge is 2.46. The molecule has 0 aromatic rings. The molecule has 7 atom stereocenters. The van der Waals surface area contributed by atoms with E-state index in [1.54, 1.807) is 0 Å². The normalized spacial score (nSPS) is 33.1. The van der Waals surface area contributed by atoms with E-state index in [-0.39, 0.29) is 35.9 Å². The second kappa shape index (κ2) is 11.9. The zero-order valence-electron chi connectivity index (χ0n) is 23.2. The molecule has 2 aliphatic heterocycles. The molecular weight excluding hydrogens is 440 g/mol. The van der Waals surface area contributed by atoms with Gasteiger partial charge in [0.25, 0.3) is 0 Å². The van der Waals surface area contributed by atoms with Crippen LogP contribution in [0.25, 0.3) is 0 Å². The summed E-state index contributed by atoms with van der Waals surface area (Å²) in [6.45, 7) is 20.0. The van der Waals surface area contributed by atoms with Gasteiger partial charge in [0.1, 0.15) is 6.10 Å². The number of ether oxygens (including phenoxy) is 2. The second-order valence-corrected chi connectivity index (χ2v) is 17.1. The quantitative estimate of drug-likeness (QED) is 0.229. The predicted octanol–water partition coefficient (Wildman–Crippen LogP) is 6.86. The third-order valence-corrected chi connectivity index (χ3v) is 12.8. The first-order valence-corrected chi connectivity index (χ1v) is 16.1. The van der Waals surface area contributed by atoms with Crippen LogP contribution in [0, 0.1) is 30.1 Å². The highest BCUT2D eigenvalue weighted by molar-refractivity contribution is 6.74. The molecule has 0 radical (unpaired) electrons. The molecule has 0 saturated carbocycles. The third-order valence-electron chi connectivity index (χ3n) is 8.29. The smallest absolute Gasteiger partial charge is 0.192 e. The third kappa shape index (κ3) is 7.55. The van der Waals surface area contributed by atoms with Gasteiger partial charge < -0.3 is 19.0 Å². The summed E-state index contributed by atoms with van der Waals surface area (Å²) in [4.78, 5) is 0. The van der Waals surface area contributed by atoms with Gasteiger partial charge in [-0.2, -0.15) is 0 Å². The van der Waals surface area contributed by atoms with Crippen molar-refractivity contribution in [2.75, 3.05) is 6.61 Å². The van der Waals surface area contributed by atoms with E-state index in [0.29, 0.717) is 11.8 Å². The Bertz CT molecular complexity index is 755. The summed E-state index contributed by atoms with van der Waals surface area (Å²) < 4.78 is 19.6. The van der Waals surface area contributed by atoms with Gasteiger partial charge in [0.05, 0.1) is 12.2 Å². The number of terminal acetylenes is 1. The van der Waals surface area contributed by atoms with Crippen molar-refractivity contribution < 1.29 is 19.0 Å². The van der Waals surface area contributed by atoms with Crippen LogP contribution in [0.1, 0.15) is 80.6 Å². The molecule has 2 aliphatic rings. The number of aliphatic hydroxyl groups is 1. The number of allylic oxidation sites excluding steroid dienone is 2. The average molecular weight is 491 g/mol. The lowest BCUT2D eigenvalue weighted by atomic mass is 9.84. The molecule has 0 aliphatic carbocycles. The van der Waals surface area contributed by atoms with Gasteiger partial charge in [-0.1, -0.05) is 71.3 Å². The largest absolute Gasteiger partial charge is 0.410 e. The molecule has 2 saturated heterocycles. The molecule has 34 heavy (non-hydrogen) atoms. The molecule has 0 aromatic heterocycles. The van der Waals surface area contributed by atoms with Crippen molar-refractivity contribution in [2.45, 2.75) is 123 Å². The minimum Gasteiger partial charge on any atom is -0.410 e. The Morgan fingerprint density at radius 1 is 1.21 bits per heavy atom. The Morgan fingerprint density at radius 2 is 1.82 bits per heavy atom. The molecule has 5 heteroatoms. The summed E-state index contributed by atoms with van der Waals surface area (Å²) in [5, 5.41) is 9.92. The Hall–Kier alpha value is -0.903. The summed E-state index contributed by atoms with van der Waals surface area (Å²) in [5.74, 6) is 3.21. The number of hydrogen-bond donors (Lipinski definition) is 1. The fourth-order valence-corrected chi connectivity index (χ4v) is 5.77. The first-order valence-electron chi connectivity index (χ1n) is 13.2. The van der Waals surface area contributed by atoms with Crippen molar-refractivity contribution >= 4 is 8.32 Å². The van der Waals surface area contributed by atoms with Gasteiger partial charge in [0.15, 0.2) is 14.1 Å². The summed E-state index contributed by atoms with van der Waals surface area (Å²) in [5.41, 5.74) is 1.18. The summed E-state index contributed by atoms with van der Waals surface area (Å²) in [6.07, 6.45) is 16.9. The summed E-state index contributed by atoms with van der Waals surface area (Å²) in [6, 6.07) is 0. The lowest BCUT2D eigenvalue weighted by Crippen LogP contribution is -2.51. The second-order valence-electron chi connectivity index (χ2n) is 12.3. The van der Waals surface area contributed by atoms with E-state index in [1.807, 2.05) is 6.92 Å². The molecule has 2 heterocycles. The van der Waals surface area contributed by atoms with Gasteiger partial charge in [0, 0.05) is 25.4 Å². The lowest BCUT2D eigenvalue weighted by molar-refractivity contribution is -0.321. The maximum atomic E-state index is 9.79. The molecule has 2 rings (SSSR count). The molecule has 4 nitrogen and oxygen atoms in total. The maximum absolute atomic E-state index is 9.79. The average Bonchev–Trinajstić information content (AvgIpc) is 2.77. The number of aliphatic hydroxyl groups excluding tert-OH is 1. The Balaban J connectivity index is 2.06. The minimum absolute atomic E-state index is 0.0506. The van der Waals surface area contributed by atoms with Crippen molar-refractivity contribution in [1.82, 2.24) is 0 Å². The molecule has 0 amide bonds. The topological polar surface area (TPSA) is 47.9 Å².